The molecule has 0 spiro atoms. The number of carbonyl (C=O) groups excluding carboxylic acids is 2. The molecule has 0 unspecified atom stereocenters. The van der Waals surface area contributed by atoms with Gasteiger partial charge in [-0.3, -0.25) is 4.79 Å². The van der Waals surface area contributed by atoms with Crippen LogP contribution in [0.25, 0.3) is 5.69 Å². The van der Waals surface area contributed by atoms with Gasteiger partial charge in [-0.05, 0) is 29.8 Å². The van der Waals surface area contributed by atoms with E-state index in [4.69, 9.17) is 0 Å². The second-order valence-electron chi connectivity index (χ2n) is 5.99. The van der Waals surface area contributed by atoms with Crippen LogP contribution in [0.15, 0.2) is 67.3 Å². The highest BCUT2D eigenvalue weighted by atomic mass is 19.1. The molecule has 1 heterocycles. The van der Waals surface area contributed by atoms with Crippen molar-refractivity contribution in [2.75, 3.05) is 13.1 Å². The molecule has 0 fully saturated rings. The molecule has 0 saturated heterocycles. The number of nitrogens with one attached hydrogen (secondary N) is 3. The summed E-state index contributed by atoms with van der Waals surface area (Å²) in [7, 11) is 0. The van der Waals surface area contributed by atoms with Crippen molar-refractivity contribution in [3.63, 3.8) is 0 Å². The van der Waals surface area contributed by atoms with E-state index in [1.165, 1.54) is 12.4 Å². The fourth-order valence-corrected chi connectivity index (χ4v) is 2.56. The smallest absolute Gasteiger partial charge is 0.315 e. The van der Waals surface area contributed by atoms with Gasteiger partial charge < -0.3 is 20.5 Å². The molecule has 144 valence electrons. The highest BCUT2D eigenvalue weighted by molar-refractivity contribution is 5.94. The summed E-state index contributed by atoms with van der Waals surface area (Å²) in [5.41, 5.74) is 1.59. The number of amides is 3. The van der Waals surface area contributed by atoms with Gasteiger partial charge in [-0.25, -0.2) is 14.2 Å². The standard InChI is InChI=1S/C20H20FN5O2/c21-17-12-15(6-7-18(17)26-11-10-22-14-26)13-25-20(28)24-9-8-23-19(27)16-4-2-1-3-5-16/h1-7,10-12,14H,8-9,13H2,(H,23,27)(H2,24,25,28). The first-order valence-electron chi connectivity index (χ1n) is 8.75. The lowest BCUT2D eigenvalue weighted by Crippen LogP contribution is -2.40. The van der Waals surface area contributed by atoms with Crippen molar-refractivity contribution in [3.8, 4) is 5.69 Å². The molecular formula is C20H20FN5O2. The van der Waals surface area contributed by atoms with Crippen molar-refractivity contribution in [1.82, 2.24) is 25.5 Å². The Balaban J connectivity index is 1.39. The molecular weight excluding hydrogens is 361 g/mol. The van der Waals surface area contributed by atoms with Gasteiger partial charge in [0.25, 0.3) is 5.91 Å². The fourth-order valence-electron chi connectivity index (χ4n) is 2.56. The normalized spacial score (nSPS) is 10.3. The Kier molecular flexibility index (Phi) is 6.35. The van der Waals surface area contributed by atoms with Crippen LogP contribution in [0.4, 0.5) is 9.18 Å². The van der Waals surface area contributed by atoms with Crippen LogP contribution in [0.3, 0.4) is 0 Å². The summed E-state index contributed by atoms with van der Waals surface area (Å²) >= 11 is 0. The van der Waals surface area contributed by atoms with Crippen LogP contribution >= 0.6 is 0 Å². The van der Waals surface area contributed by atoms with E-state index < -0.39 is 11.8 Å². The molecule has 2 aromatic carbocycles. The maximum atomic E-state index is 14.2. The number of halogens is 1. The van der Waals surface area contributed by atoms with Gasteiger partial charge >= 0.3 is 6.03 Å². The third kappa shape index (κ3) is 5.16. The Morgan fingerprint density at radius 3 is 2.50 bits per heavy atom. The lowest BCUT2D eigenvalue weighted by Gasteiger charge is -2.10. The molecule has 0 radical (unpaired) electrons. The van der Waals surface area contributed by atoms with Gasteiger partial charge in [-0.1, -0.05) is 24.3 Å². The molecule has 7 nitrogen and oxygen atoms in total. The summed E-state index contributed by atoms with van der Waals surface area (Å²) in [6.07, 6.45) is 4.74. The van der Waals surface area contributed by atoms with Crippen LogP contribution in [-0.4, -0.2) is 34.6 Å². The quantitative estimate of drug-likeness (QED) is 0.549. The highest BCUT2D eigenvalue weighted by Gasteiger charge is 2.07. The maximum absolute atomic E-state index is 14.2. The average molecular weight is 381 g/mol. The SMILES string of the molecule is O=C(NCCNC(=O)c1ccccc1)NCc1ccc(-n2ccnc2)c(F)c1. The second-order valence-corrected chi connectivity index (χ2v) is 5.99. The van der Waals surface area contributed by atoms with Gasteiger partial charge in [0, 0.05) is 37.6 Å². The summed E-state index contributed by atoms with van der Waals surface area (Å²) in [5, 5.41) is 8.01. The molecule has 0 aliphatic rings. The molecule has 0 aliphatic heterocycles. The first-order valence-corrected chi connectivity index (χ1v) is 8.75. The van der Waals surface area contributed by atoms with Crippen LogP contribution in [-0.2, 0) is 6.54 Å². The predicted molar refractivity (Wildman–Crippen MR) is 103 cm³/mol. The molecule has 3 rings (SSSR count). The zero-order valence-corrected chi connectivity index (χ0v) is 15.1. The number of benzene rings is 2. The van der Waals surface area contributed by atoms with Crippen molar-refractivity contribution < 1.29 is 14.0 Å². The van der Waals surface area contributed by atoms with Crippen LogP contribution in [0.5, 0.6) is 0 Å². The van der Waals surface area contributed by atoms with E-state index in [1.807, 2.05) is 6.07 Å². The van der Waals surface area contributed by atoms with Gasteiger partial charge in [-0.2, -0.15) is 0 Å². The van der Waals surface area contributed by atoms with Crippen molar-refractivity contribution in [2.45, 2.75) is 6.54 Å². The number of hydrogen-bond acceptors (Lipinski definition) is 3. The van der Waals surface area contributed by atoms with E-state index in [1.54, 1.807) is 53.4 Å². The lowest BCUT2D eigenvalue weighted by atomic mass is 10.2. The molecule has 0 aliphatic carbocycles. The number of nitrogens with zero attached hydrogens (tertiary/aromatic N) is 2. The van der Waals surface area contributed by atoms with E-state index in [9.17, 15) is 14.0 Å². The first kappa shape index (κ1) is 19.1. The minimum Gasteiger partial charge on any atom is -0.350 e. The molecule has 0 saturated carbocycles. The number of aromatic nitrogens is 2. The lowest BCUT2D eigenvalue weighted by molar-refractivity contribution is 0.0954. The highest BCUT2D eigenvalue weighted by Crippen LogP contribution is 2.14. The molecule has 8 heteroatoms. The van der Waals surface area contributed by atoms with Crippen LogP contribution in [0.1, 0.15) is 15.9 Å². The Morgan fingerprint density at radius 2 is 1.79 bits per heavy atom. The summed E-state index contributed by atoms with van der Waals surface area (Å²) in [6, 6.07) is 13.2. The minimum atomic E-state index is -0.402. The largest absolute Gasteiger partial charge is 0.350 e. The number of carbonyl (C=O) groups is 2. The Morgan fingerprint density at radius 1 is 1.00 bits per heavy atom. The fraction of sp³-hybridized carbons (Fsp3) is 0.150. The van der Waals surface area contributed by atoms with Crippen molar-refractivity contribution in [3.05, 3.63) is 84.2 Å². The Hall–Kier alpha value is -3.68. The van der Waals surface area contributed by atoms with Crippen molar-refractivity contribution in [1.29, 1.82) is 0 Å². The summed E-state index contributed by atoms with van der Waals surface area (Å²) in [5.74, 6) is -0.599. The number of hydrogen-bond donors (Lipinski definition) is 3. The first-order chi connectivity index (χ1) is 13.6. The Bertz CT molecular complexity index is 929. The third-order valence-corrected chi connectivity index (χ3v) is 3.98. The number of urea groups is 1. The van der Waals surface area contributed by atoms with E-state index >= 15 is 0 Å². The summed E-state index contributed by atoms with van der Waals surface area (Å²) in [4.78, 5) is 27.6. The topological polar surface area (TPSA) is 88.0 Å². The van der Waals surface area contributed by atoms with Crippen LogP contribution in [0, 0.1) is 5.82 Å². The zero-order chi connectivity index (χ0) is 19.8. The summed E-state index contributed by atoms with van der Waals surface area (Å²) in [6.45, 7) is 0.761. The molecule has 0 atom stereocenters. The molecule has 3 amide bonds. The van der Waals surface area contributed by atoms with Crippen LogP contribution < -0.4 is 16.0 Å². The molecule has 3 aromatic rings. The number of rotatable bonds is 7. The molecule has 1 aromatic heterocycles. The monoisotopic (exact) mass is 381 g/mol. The third-order valence-electron chi connectivity index (χ3n) is 3.98. The van der Waals surface area contributed by atoms with Gasteiger partial charge in [0.05, 0.1) is 12.0 Å². The van der Waals surface area contributed by atoms with E-state index in [2.05, 4.69) is 20.9 Å². The second kappa shape index (κ2) is 9.31. The van der Waals surface area contributed by atoms with Crippen LogP contribution in [0.2, 0.25) is 0 Å². The average Bonchev–Trinajstić information content (AvgIpc) is 3.24. The summed E-state index contributed by atoms with van der Waals surface area (Å²) < 4.78 is 15.8. The zero-order valence-electron chi connectivity index (χ0n) is 15.1. The van der Waals surface area contributed by atoms with E-state index in [0.717, 1.165) is 0 Å². The molecule has 3 N–H and O–H groups in total. The van der Waals surface area contributed by atoms with E-state index in [-0.39, 0.29) is 19.0 Å². The minimum absolute atomic E-state index is 0.184. The molecule has 0 bridgehead atoms. The van der Waals surface area contributed by atoms with Gasteiger partial charge in [0.15, 0.2) is 0 Å². The maximum Gasteiger partial charge on any atom is 0.315 e. The van der Waals surface area contributed by atoms with Gasteiger partial charge in [0.1, 0.15) is 5.82 Å². The Labute approximate surface area is 161 Å². The molecule has 28 heavy (non-hydrogen) atoms. The number of imidazole rings is 1. The van der Waals surface area contributed by atoms with Gasteiger partial charge in [-0.15, -0.1) is 0 Å². The predicted octanol–water partition coefficient (Wildman–Crippen LogP) is 2.24. The van der Waals surface area contributed by atoms with Crippen molar-refractivity contribution >= 4 is 11.9 Å². The van der Waals surface area contributed by atoms with Crippen molar-refractivity contribution in [2.24, 2.45) is 0 Å². The van der Waals surface area contributed by atoms with E-state index in [0.29, 0.717) is 23.4 Å². The van der Waals surface area contributed by atoms with Gasteiger partial charge in [0.2, 0.25) is 0 Å².